The summed E-state index contributed by atoms with van der Waals surface area (Å²) in [5.41, 5.74) is 6.52. The minimum absolute atomic E-state index is 0.0728. The lowest BCUT2D eigenvalue weighted by molar-refractivity contribution is -0.384. The van der Waals surface area contributed by atoms with Crippen molar-refractivity contribution in [2.45, 2.75) is 6.42 Å². The van der Waals surface area contributed by atoms with Crippen LogP contribution < -0.4 is 11.1 Å². The maximum absolute atomic E-state index is 10.7. The molecule has 0 radical (unpaired) electrons. The third-order valence-corrected chi connectivity index (χ3v) is 2.48. The molecule has 7 heteroatoms. The van der Waals surface area contributed by atoms with E-state index in [9.17, 15) is 10.1 Å². The Morgan fingerprint density at radius 2 is 2.26 bits per heavy atom. The Morgan fingerprint density at radius 3 is 2.95 bits per heavy atom. The van der Waals surface area contributed by atoms with Crippen molar-refractivity contribution in [3.05, 3.63) is 52.3 Å². The largest absolute Gasteiger partial charge is 0.383 e. The van der Waals surface area contributed by atoms with E-state index in [1.54, 1.807) is 12.4 Å². The minimum atomic E-state index is -0.496. The number of aromatic nitrogens is 2. The Morgan fingerprint density at radius 1 is 1.42 bits per heavy atom. The van der Waals surface area contributed by atoms with Crippen LogP contribution in [0, 0.1) is 10.1 Å². The molecule has 0 amide bonds. The molecule has 0 aliphatic carbocycles. The zero-order chi connectivity index (χ0) is 13.7. The molecule has 0 unspecified atom stereocenters. The van der Waals surface area contributed by atoms with Gasteiger partial charge < -0.3 is 11.1 Å². The highest BCUT2D eigenvalue weighted by Crippen LogP contribution is 2.18. The fourth-order valence-electron chi connectivity index (χ4n) is 1.61. The normalized spacial score (nSPS) is 10.1. The van der Waals surface area contributed by atoms with Crippen LogP contribution in [-0.2, 0) is 6.42 Å². The Hall–Kier alpha value is -2.70. The summed E-state index contributed by atoms with van der Waals surface area (Å²) in [5, 5.41) is 13.7. The van der Waals surface area contributed by atoms with Gasteiger partial charge in [-0.3, -0.25) is 15.1 Å². The quantitative estimate of drug-likeness (QED) is 0.624. The van der Waals surface area contributed by atoms with E-state index >= 15 is 0 Å². The van der Waals surface area contributed by atoms with E-state index in [1.165, 1.54) is 12.1 Å². The van der Waals surface area contributed by atoms with E-state index < -0.39 is 4.92 Å². The van der Waals surface area contributed by atoms with Gasteiger partial charge in [-0.05, 0) is 18.1 Å². The zero-order valence-corrected chi connectivity index (χ0v) is 10.1. The summed E-state index contributed by atoms with van der Waals surface area (Å²) < 4.78 is 0. The number of hydrogen-bond donors (Lipinski definition) is 2. The van der Waals surface area contributed by atoms with Crippen LogP contribution in [-0.4, -0.2) is 21.4 Å². The number of nitrogen functional groups attached to an aromatic ring is 1. The van der Waals surface area contributed by atoms with Gasteiger partial charge >= 0.3 is 0 Å². The van der Waals surface area contributed by atoms with Gasteiger partial charge in [-0.25, -0.2) is 4.98 Å². The molecule has 19 heavy (non-hydrogen) atoms. The maximum atomic E-state index is 10.7. The van der Waals surface area contributed by atoms with Crippen LogP contribution >= 0.6 is 0 Å². The van der Waals surface area contributed by atoms with Gasteiger partial charge in [0.1, 0.15) is 11.6 Å². The molecule has 0 aromatic carbocycles. The second-order valence-electron chi connectivity index (χ2n) is 3.93. The van der Waals surface area contributed by atoms with Gasteiger partial charge in [0.05, 0.1) is 17.1 Å². The van der Waals surface area contributed by atoms with Crippen molar-refractivity contribution >= 4 is 17.3 Å². The number of hydrogen-bond acceptors (Lipinski definition) is 6. The lowest BCUT2D eigenvalue weighted by Gasteiger charge is -2.06. The highest BCUT2D eigenvalue weighted by molar-refractivity contribution is 5.52. The highest BCUT2D eigenvalue weighted by Gasteiger charge is 2.09. The molecule has 98 valence electrons. The monoisotopic (exact) mass is 259 g/mol. The first-order chi connectivity index (χ1) is 9.15. The fraction of sp³-hybridized carbons (Fsp3) is 0.167. The Bertz CT molecular complexity index is 574. The third-order valence-electron chi connectivity index (χ3n) is 2.48. The number of nitro groups is 1. The molecule has 0 aliphatic rings. The van der Waals surface area contributed by atoms with E-state index in [-0.39, 0.29) is 11.5 Å². The summed E-state index contributed by atoms with van der Waals surface area (Å²) in [4.78, 5) is 18.2. The molecule has 2 aromatic rings. The number of pyridine rings is 2. The van der Waals surface area contributed by atoms with E-state index in [0.29, 0.717) is 12.4 Å². The highest BCUT2D eigenvalue weighted by atomic mass is 16.6. The van der Waals surface area contributed by atoms with Crippen LogP contribution in [0.15, 0.2) is 36.7 Å². The predicted octanol–water partition coefficient (Wildman–Crippen LogP) is 1.62. The number of anilines is 2. The predicted molar refractivity (Wildman–Crippen MR) is 71.7 cm³/mol. The zero-order valence-electron chi connectivity index (χ0n) is 10.1. The van der Waals surface area contributed by atoms with Crippen molar-refractivity contribution < 1.29 is 4.92 Å². The lowest BCUT2D eigenvalue weighted by Crippen LogP contribution is -2.08. The molecule has 0 spiro atoms. The van der Waals surface area contributed by atoms with Gasteiger partial charge in [0.25, 0.3) is 5.69 Å². The number of rotatable bonds is 5. The second-order valence-corrected chi connectivity index (χ2v) is 3.93. The molecule has 2 heterocycles. The molecule has 7 nitrogen and oxygen atoms in total. The lowest BCUT2D eigenvalue weighted by atomic mass is 10.2. The molecule has 2 rings (SSSR count). The first-order valence-corrected chi connectivity index (χ1v) is 5.70. The molecule has 0 saturated carbocycles. The van der Waals surface area contributed by atoms with Crippen LogP contribution in [0.1, 0.15) is 5.56 Å². The van der Waals surface area contributed by atoms with Crippen LogP contribution in [0.25, 0.3) is 0 Å². The molecule has 0 atom stereocenters. The first-order valence-electron chi connectivity index (χ1n) is 5.70. The number of nitrogens with zero attached hydrogens (tertiary/aromatic N) is 3. The first kappa shape index (κ1) is 12.7. The topological polar surface area (TPSA) is 107 Å². The van der Waals surface area contributed by atoms with E-state index in [4.69, 9.17) is 5.73 Å². The average Bonchev–Trinajstić information content (AvgIpc) is 2.39. The van der Waals surface area contributed by atoms with Crippen molar-refractivity contribution in [1.29, 1.82) is 0 Å². The van der Waals surface area contributed by atoms with Crippen molar-refractivity contribution in [2.75, 3.05) is 17.6 Å². The summed E-state index contributed by atoms with van der Waals surface area (Å²) in [7, 11) is 0. The van der Waals surface area contributed by atoms with Gasteiger partial charge in [-0.15, -0.1) is 0 Å². The summed E-state index contributed by atoms with van der Waals surface area (Å²) in [6.45, 7) is 0.597. The second kappa shape index (κ2) is 5.76. The van der Waals surface area contributed by atoms with Gasteiger partial charge in [-0.1, -0.05) is 6.07 Å². The van der Waals surface area contributed by atoms with Gasteiger partial charge in [-0.2, -0.15) is 0 Å². The molecule has 0 aliphatic heterocycles. The van der Waals surface area contributed by atoms with Crippen LogP contribution in [0.3, 0.4) is 0 Å². The van der Waals surface area contributed by atoms with E-state index in [0.717, 1.165) is 12.0 Å². The Kier molecular flexibility index (Phi) is 3.87. The molecular weight excluding hydrogens is 246 g/mol. The standard InChI is InChI=1S/C12H13N5O2/c13-11-6-10(17(18)19)7-12(16-11)15-5-3-9-2-1-4-14-8-9/h1-2,4,6-8H,3,5H2,(H3,13,15,16). The number of nitrogens with one attached hydrogen (secondary N) is 1. The number of nitrogens with two attached hydrogens (primary N) is 1. The summed E-state index contributed by atoms with van der Waals surface area (Å²) in [6, 6.07) is 6.41. The summed E-state index contributed by atoms with van der Waals surface area (Å²) >= 11 is 0. The molecular formula is C12H13N5O2. The fourth-order valence-corrected chi connectivity index (χ4v) is 1.61. The maximum Gasteiger partial charge on any atom is 0.276 e. The van der Waals surface area contributed by atoms with Crippen molar-refractivity contribution in [3.8, 4) is 0 Å². The van der Waals surface area contributed by atoms with Crippen molar-refractivity contribution in [1.82, 2.24) is 9.97 Å². The average molecular weight is 259 g/mol. The van der Waals surface area contributed by atoms with Crippen LogP contribution in [0.2, 0.25) is 0 Å². The molecule has 3 N–H and O–H groups in total. The van der Waals surface area contributed by atoms with Crippen molar-refractivity contribution in [2.24, 2.45) is 0 Å². The minimum Gasteiger partial charge on any atom is -0.383 e. The smallest absolute Gasteiger partial charge is 0.276 e. The Balaban J connectivity index is 1.98. The molecule has 0 bridgehead atoms. The van der Waals surface area contributed by atoms with E-state index in [1.807, 2.05) is 12.1 Å². The SMILES string of the molecule is Nc1cc([N+](=O)[O-])cc(NCCc2cccnc2)n1. The van der Waals surface area contributed by atoms with Gasteiger partial charge in [0, 0.05) is 18.9 Å². The summed E-state index contributed by atoms with van der Waals surface area (Å²) in [6.07, 6.45) is 4.23. The van der Waals surface area contributed by atoms with Gasteiger partial charge in [0.2, 0.25) is 0 Å². The summed E-state index contributed by atoms with van der Waals surface area (Å²) in [5.74, 6) is 0.522. The van der Waals surface area contributed by atoms with Crippen LogP contribution in [0.5, 0.6) is 0 Å². The van der Waals surface area contributed by atoms with E-state index in [2.05, 4.69) is 15.3 Å². The van der Waals surface area contributed by atoms with Gasteiger partial charge in [0.15, 0.2) is 0 Å². The molecule has 0 fully saturated rings. The van der Waals surface area contributed by atoms with Crippen molar-refractivity contribution in [3.63, 3.8) is 0 Å². The van der Waals surface area contributed by atoms with Crippen LogP contribution in [0.4, 0.5) is 17.3 Å². The molecule has 2 aromatic heterocycles. The molecule has 0 saturated heterocycles. The Labute approximate surface area is 109 Å². The third kappa shape index (κ3) is 3.63.